The Morgan fingerprint density at radius 2 is 1.40 bits per heavy atom. The van der Waals surface area contributed by atoms with Crippen molar-refractivity contribution in [3.05, 3.63) is 65.7 Å². The standard InChI is InChI=1S/C46H65N13O11S2/c1-25(2)38-44(69)56-32(22-35(47)61)41(66)57-33(45(70)59-18-7-11-34(59)43(68)54-29(10-6-17-51-46(49)50)39(64)52-23-36(48)62)24-72-71-19-16-37(63)53-30(21-27-12-14-28(60)15-13-27)40(65)55-31(42(67)58-38)20-26-8-4-3-5-9-26/h3-5,8-9,12-15,25,29-34,38,60H,6-7,10-11,16-24H2,1-2H3,(H2,47,61)(H2,48,62)(H,52,64)(H,53,63)(H,54,68)(H,55,65)(H,56,69)(H,57,66)(H,58,67)(H4,49,50,51). The molecule has 0 radical (unpaired) electrons. The van der Waals surface area contributed by atoms with Crippen molar-refractivity contribution in [2.45, 2.75) is 108 Å². The highest BCUT2D eigenvalue weighted by Crippen LogP contribution is 2.26. The van der Waals surface area contributed by atoms with E-state index in [1.807, 2.05) is 0 Å². The number of hydrogen-bond donors (Lipinski definition) is 12. The van der Waals surface area contributed by atoms with E-state index in [2.05, 4.69) is 42.2 Å². The van der Waals surface area contributed by atoms with Crippen molar-refractivity contribution in [2.24, 2.45) is 33.8 Å². The summed E-state index contributed by atoms with van der Waals surface area (Å²) in [6.07, 6.45) is -0.110. The molecular weight excluding hydrogens is 975 g/mol. The third-order valence-electron chi connectivity index (χ3n) is 11.4. The van der Waals surface area contributed by atoms with Gasteiger partial charge >= 0.3 is 0 Å². The van der Waals surface area contributed by atoms with Crippen molar-refractivity contribution in [1.29, 1.82) is 0 Å². The largest absolute Gasteiger partial charge is 0.508 e. The van der Waals surface area contributed by atoms with Gasteiger partial charge < -0.3 is 70.2 Å². The van der Waals surface area contributed by atoms with Crippen LogP contribution in [0.5, 0.6) is 5.75 Å². The number of primary amides is 2. The number of nitrogens with one attached hydrogen (secondary N) is 7. The van der Waals surface area contributed by atoms with Crippen LogP contribution in [0.1, 0.15) is 63.5 Å². The summed E-state index contributed by atoms with van der Waals surface area (Å²) in [7, 11) is 2.26. The molecule has 392 valence electrons. The van der Waals surface area contributed by atoms with Crippen LogP contribution in [0.4, 0.5) is 0 Å². The molecule has 72 heavy (non-hydrogen) atoms. The van der Waals surface area contributed by atoms with E-state index in [0.29, 0.717) is 17.5 Å². The minimum atomic E-state index is -1.66. The van der Waals surface area contributed by atoms with Crippen LogP contribution < -0.4 is 60.2 Å². The van der Waals surface area contributed by atoms with E-state index in [-0.39, 0.29) is 74.8 Å². The summed E-state index contributed by atoms with van der Waals surface area (Å²) in [5.41, 5.74) is 22.8. The Morgan fingerprint density at radius 1 is 0.778 bits per heavy atom. The lowest BCUT2D eigenvalue weighted by Crippen LogP contribution is -2.61. The monoisotopic (exact) mass is 1040 g/mol. The number of amides is 10. The molecular formula is C46H65N13O11S2. The van der Waals surface area contributed by atoms with E-state index in [4.69, 9.17) is 22.9 Å². The third kappa shape index (κ3) is 18.9. The first-order valence-electron chi connectivity index (χ1n) is 23.3. The number of guanidine groups is 1. The van der Waals surface area contributed by atoms with Crippen LogP contribution in [0.15, 0.2) is 59.6 Å². The molecule has 2 fully saturated rings. The zero-order valence-corrected chi connectivity index (χ0v) is 41.7. The van der Waals surface area contributed by atoms with E-state index in [9.17, 15) is 53.1 Å². The molecule has 0 bridgehead atoms. The Hall–Kier alpha value is -7.09. The second-order valence-corrected chi connectivity index (χ2v) is 20.1. The lowest BCUT2D eigenvalue weighted by Gasteiger charge is -2.31. The smallest absolute Gasteiger partial charge is 0.246 e. The normalized spacial score (nSPS) is 22.2. The van der Waals surface area contributed by atoms with E-state index in [1.165, 1.54) is 17.0 Å². The number of aromatic hydroxyl groups is 1. The molecule has 2 aliphatic heterocycles. The Labute approximate surface area is 424 Å². The quantitative estimate of drug-likeness (QED) is 0.0326. The molecule has 2 heterocycles. The van der Waals surface area contributed by atoms with E-state index >= 15 is 0 Å². The number of hydrogen-bond acceptors (Lipinski definition) is 14. The Balaban J connectivity index is 1.66. The van der Waals surface area contributed by atoms with Gasteiger partial charge in [0.05, 0.1) is 13.0 Å². The van der Waals surface area contributed by atoms with Crippen LogP contribution in [0.2, 0.25) is 0 Å². The van der Waals surface area contributed by atoms with Crippen LogP contribution in [0, 0.1) is 5.92 Å². The maximum absolute atomic E-state index is 14.5. The highest BCUT2D eigenvalue weighted by molar-refractivity contribution is 8.76. The highest BCUT2D eigenvalue weighted by atomic mass is 33.1. The van der Waals surface area contributed by atoms with Gasteiger partial charge in [0.1, 0.15) is 48.0 Å². The summed E-state index contributed by atoms with van der Waals surface area (Å²) in [6, 6.07) is 5.53. The highest BCUT2D eigenvalue weighted by Gasteiger charge is 2.40. The van der Waals surface area contributed by atoms with Gasteiger partial charge in [-0.2, -0.15) is 0 Å². The first-order valence-corrected chi connectivity index (χ1v) is 25.8. The number of aliphatic imine (C=N–C) groups is 1. The van der Waals surface area contributed by atoms with Crippen molar-refractivity contribution in [2.75, 3.05) is 31.1 Å². The summed E-state index contributed by atoms with van der Waals surface area (Å²) < 4.78 is 0. The van der Waals surface area contributed by atoms with Gasteiger partial charge in [0.15, 0.2) is 5.96 Å². The molecule has 0 aliphatic carbocycles. The lowest BCUT2D eigenvalue weighted by atomic mass is 9.99. The van der Waals surface area contributed by atoms with Gasteiger partial charge in [-0.05, 0) is 54.9 Å². The predicted molar refractivity (Wildman–Crippen MR) is 269 cm³/mol. The number of phenolic OH excluding ortho intramolecular Hbond substituents is 1. The minimum Gasteiger partial charge on any atom is -0.508 e. The maximum Gasteiger partial charge on any atom is 0.246 e. The summed E-state index contributed by atoms with van der Waals surface area (Å²) >= 11 is 0. The fraction of sp³-hybridized carbons (Fsp3) is 0.500. The summed E-state index contributed by atoms with van der Waals surface area (Å²) in [4.78, 5) is 141. The zero-order chi connectivity index (χ0) is 52.9. The molecule has 7 atom stereocenters. The van der Waals surface area contributed by atoms with Crippen LogP contribution >= 0.6 is 21.6 Å². The van der Waals surface area contributed by atoms with Crippen LogP contribution in [-0.2, 0) is 60.8 Å². The predicted octanol–water partition coefficient (Wildman–Crippen LogP) is -2.95. The first kappa shape index (κ1) is 57.5. The number of carbonyl (C=O) groups excluding carboxylic acids is 10. The van der Waals surface area contributed by atoms with Gasteiger partial charge in [0, 0.05) is 43.9 Å². The van der Waals surface area contributed by atoms with Crippen molar-refractivity contribution in [3.63, 3.8) is 0 Å². The molecule has 2 saturated heterocycles. The first-order chi connectivity index (χ1) is 34.2. The van der Waals surface area contributed by atoms with Crippen LogP contribution in [0.3, 0.4) is 0 Å². The van der Waals surface area contributed by atoms with E-state index in [0.717, 1.165) is 21.6 Å². The number of phenols is 1. The molecule has 26 heteroatoms. The summed E-state index contributed by atoms with van der Waals surface area (Å²) in [6.45, 7) is 2.91. The average molecular weight is 1040 g/mol. The second kappa shape index (κ2) is 28.7. The molecule has 16 N–H and O–H groups in total. The fourth-order valence-corrected chi connectivity index (χ4v) is 9.88. The molecule has 2 aromatic rings. The lowest BCUT2D eigenvalue weighted by molar-refractivity contribution is -0.142. The van der Waals surface area contributed by atoms with Gasteiger partial charge in [-0.25, -0.2) is 0 Å². The van der Waals surface area contributed by atoms with Gasteiger partial charge in [-0.15, -0.1) is 0 Å². The number of likely N-dealkylation sites (tertiary alicyclic amines) is 1. The van der Waals surface area contributed by atoms with Gasteiger partial charge in [0.25, 0.3) is 0 Å². The second-order valence-electron chi connectivity index (χ2n) is 17.5. The van der Waals surface area contributed by atoms with Crippen molar-refractivity contribution >= 4 is 86.6 Å². The molecule has 0 aromatic heterocycles. The molecule has 24 nitrogen and oxygen atoms in total. The Morgan fingerprint density at radius 3 is 2.04 bits per heavy atom. The Bertz CT molecular complexity index is 2290. The molecule has 10 amide bonds. The molecule has 2 aromatic carbocycles. The number of nitrogens with two attached hydrogens (primary N) is 4. The summed E-state index contributed by atoms with van der Waals surface area (Å²) in [5.74, 6) is -8.72. The number of carbonyl (C=O) groups is 10. The van der Waals surface area contributed by atoms with Crippen molar-refractivity contribution < 1.29 is 53.1 Å². The SMILES string of the molecule is CC(C)C1NC(=O)C(Cc2ccccc2)NC(=O)C(Cc2ccc(O)cc2)NC(=O)CCSSCC(C(=O)N2CCCC2C(=O)NC(CCCN=C(N)N)C(=O)NCC(N)=O)NC(=O)C(CC(N)=O)NC1=O. The van der Waals surface area contributed by atoms with E-state index < -0.39 is 120 Å². The van der Waals surface area contributed by atoms with E-state index in [1.54, 1.807) is 56.3 Å². The minimum absolute atomic E-state index is 0.0150. The van der Waals surface area contributed by atoms with Crippen molar-refractivity contribution in [3.8, 4) is 5.75 Å². The number of rotatable bonds is 17. The van der Waals surface area contributed by atoms with Crippen LogP contribution in [-0.4, -0.2) is 148 Å². The van der Waals surface area contributed by atoms with Crippen molar-refractivity contribution in [1.82, 2.24) is 42.1 Å². The Kier molecular flexibility index (Phi) is 22.9. The molecule has 4 rings (SSSR count). The molecule has 0 saturated carbocycles. The maximum atomic E-state index is 14.5. The molecule has 0 spiro atoms. The molecule has 2 aliphatic rings. The summed E-state index contributed by atoms with van der Waals surface area (Å²) in [5, 5.41) is 28.2. The zero-order valence-electron chi connectivity index (χ0n) is 40.1. The topological polar surface area (TPSA) is 395 Å². The fourth-order valence-electron chi connectivity index (χ4n) is 7.73. The number of benzene rings is 2. The molecule has 7 unspecified atom stereocenters. The number of nitrogens with zero attached hydrogens (tertiary/aromatic N) is 2. The van der Waals surface area contributed by atoms with Gasteiger partial charge in [0.2, 0.25) is 59.1 Å². The average Bonchev–Trinajstić information content (AvgIpc) is 3.83. The van der Waals surface area contributed by atoms with Gasteiger partial charge in [-0.3, -0.25) is 52.9 Å². The van der Waals surface area contributed by atoms with Crippen LogP contribution in [0.25, 0.3) is 0 Å². The third-order valence-corrected chi connectivity index (χ3v) is 13.8. The van der Waals surface area contributed by atoms with Gasteiger partial charge in [-0.1, -0.05) is 77.9 Å².